The molecule has 0 atom stereocenters. The molecule has 0 heterocycles. The standard InChI is InChI=1S/C14H18N2O.C13H18ClNO3.C2H6/c1-11-5-7-13(8-6-11)14(10-16(3)4)15-9-12(2)17;1-9(2)18-12-5-4-10(8-11(12)14)13(17)15-6-3-7-16;1-2/h5-10H,1-4H3;4-5,8-9,16H,3,6-7H2,1-2H3,(H,15,17);1-2H3/b14-10-,15-9?;;. The number of aliphatic hydroxyl groups excluding tert-OH is 1. The van der Waals surface area contributed by atoms with Crippen LogP contribution in [0.4, 0.5) is 0 Å². The van der Waals surface area contributed by atoms with Crippen molar-refractivity contribution in [1.82, 2.24) is 10.2 Å². The lowest BCUT2D eigenvalue weighted by atomic mass is 10.1. The highest BCUT2D eigenvalue weighted by molar-refractivity contribution is 6.32. The summed E-state index contributed by atoms with van der Waals surface area (Å²) in [5.41, 5.74) is 3.47. The third-order valence-electron chi connectivity index (χ3n) is 4.29. The van der Waals surface area contributed by atoms with Gasteiger partial charge in [-0.2, -0.15) is 0 Å². The molecule has 2 aromatic carbocycles. The molecule has 0 radical (unpaired) electrons. The number of benzene rings is 2. The fourth-order valence-corrected chi connectivity index (χ4v) is 2.91. The topological polar surface area (TPSA) is 91.2 Å². The summed E-state index contributed by atoms with van der Waals surface area (Å²) in [6.07, 6.45) is 3.81. The lowest BCUT2D eigenvalue weighted by molar-refractivity contribution is -0.110. The summed E-state index contributed by atoms with van der Waals surface area (Å²) in [5, 5.41) is 11.7. The maximum absolute atomic E-state index is 11.7. The third-order valence-corrected chi connectivity index (χ3v) is 4.59. The first kappa shape index (κ1) is 33.8. The molecule has 7 nitrogen and oxygen atoms in total. The van der Waals surface area contributed by atoms with E-state index < -0.39 is 0 Å². The quantitative estimate of drug-likeness (QED) is 0.299. The van der Waals surface area contributed by atoms with Gasteiger partial charge < -0.3 is 20.1 Å². The molecule has 2 N–H and O–H groups in total. The van der Waals surface area contributed by atoms with Gasteiger partial charge in [0.2, 0.25) is 0 Å². The predicted molar refractivity (Wildman–Crippen MR) is 155 cm³/mol. The number of aliphatic hydroxyl groups is 1. The molecule has 8 heteroatoms. The van der Waals surface area contributed by atoms with Gasteiger partial charge in [0.05, 0.1) is 23.0 Å². The van der Waals surface area contributed by atoms with Crippen molar-refractivity contribution in [1.29, 1.82) is 0 Å². The van der Waals surface area contributed by atoms with E-state index >= 15 is 0 Å². The van der Waals surface area contributed by atoms with E-state index in [1.807, 2.05) is 84.1 Å². The fourth-order valence-electron chi connectivity index (χ4n) is 2.69. The summed E-state index contributed by atoms with van der Waals surface area (Å²) in [6, 6.07) is 13.0. The van der Waals surface area contributed by atoms with Crippen molar-refractivity contribution in [3.63, 3.8) is 0 Å². The molecule has 2 rings (SSSR count). The second-order valence-electron chi connectivity index (χ2n) is 8.36. The maximum atomic E-state index is 11.7. The molecule has 1 amide bonds. The number of carbonyl (C=O) groups excluding carboxylic acids is 2. The van der Waals surface area contributed by atoms with E-state index in [1.54, 1.807) is 18.2 Å². The van der Waals surface area contributed by atoms with Gasteiger partial charge in [-0.1, -0.05) is 55.3 Å². The van der Waals surface area contributed by atoms with E-state index in [-0.39, 0.29) is 24.4 Å². The second kappa shape index (κ2) is 19.0. The number of nitrogens with zero attached hydrogens (tertiary/aromatic N) is 2. The smallest absolute Gasteiger partial charge is 0.251 e. The number of Topliss-reactive ketones (excluding diaryl/α,β-unsaturated/α-hetero) is 1. The number of ether oxygens (including phenoxy) is 1. The Bertz CT molecular complexity index is 1020. The van der Waals surface area contributed by atoms with E-state index in [0.717, 1.165) is 11.3 Å². The van der Waals surface area contributed by atoms with Crippen LogP contribution in [0, 0.1) is 6.92 Å². The van der Waals surface area contributed by atoms with E-state index in [0.29, 0.717) is 29.3 Å². The van der Waals surface area contributed by atoms with Gasteiger partial charge in [0.25, 0.3) is 5.91 Å². The predicted octanol–water partition coefficient (Wildman–Crippen LogP) is 5.78. The average molecular weight is 532 g/mol. The minimum atomic E-state index is -0.207. The maximum Gasteiger partial charge on any atom is 0.251 e. The van der Waals surface area contributed by atoms with Crippen molar-refractivity contribution in [2.75, 3.05) is 27.2 Å². The number of ketones is 1. The molecule has 0 aromatic heterocycles. The van der Waals surface area contributed by atoms with E-state index in [9.17, 15) is 9.59 Å². The van der Waals surface area contributed by atoms with E-state index in [4.69, 9.17) is 21.4 Å². The third kappa shape index (κ3) is 14.9. The van der Waals surface area contributed by atoms with Crippen molar-refractivity contribution in [3.05, 3.63) is 70.4 Å². The molecule has 0 fully saturated rings. The van der Waals surface area contributed by atoms with Crippen molar-refractivity contribution in [2.45, 2.75) is 54.1 Å². The molecule has 0 saturated carbocycles. The average Bonchev–Trinajstić information content (AvgIpc) is 2.85. The number of halogens is 1. The van der Waals surface area contributed by atoms with Crippen LogP contribution in [-0.2, 0) is 4.79 Å². The molecule has 0 saturated heterocycles. The number of rotatable bonds is 10. The summed E-state index contributed by atoms with van der Waals surface area (Å²) >= 11 is 6.03. The lowest BCUT2D eigenvalue weighted by Crippen LogP contribution is -2.25. The van der Waals surface area contributed by atoms with Crippen LogP contribution in [0.15, 0.2) is 53.7 Å². The normalized spacial score (nSPS) is 10.7. The van der Waals surface area contributed by atoms with Gasteiger partial charge in [-0.3, -0.25) is 14.6 Å². The number of aliphatic imine (C=N–C) groups is 1. The zero-order chi connectivity index (χ0) is 28.4. The van der Waals surface area contributed by atoms with Crippen LogP contribution >= 0.6 is 11.6 Å². The molecule has 37 heavy (non-hydrogen) atoms. The van der Waals surface area contributed by atoms with Gasteiger partial charge in [0, 0.05) is 51.5 Å². The molecule has 0 unspecified atom stereocenters. The summed E-state index contributed by atoms with van der Waals surface area (Å²) in [7, 11) is 3.86. The first-order chi connectivity index (χ1) is 17.5. The minimum Gasteiger partial charge on any atom is -0.489 e. The molecule has 0 bridgehead atoms. The number of carbonyl (C=O) groups is 2. The molecular formula is C29H42ClN3O4. The van der Waals surface area contributed by atoms with Crippen LogP contribution in [0.2, 0.25) is 5.02 Å². The Morgan fingerprint density at radius 2 is 1.70 bits per heavy atom. The molecule has 2 aromatic rings. The van der Waals surface area contributed by atoms with Gasteiger partial charge in [0.1, 0.15) is 5.75 Å². The Balaban J connectivity index is 0.000000657. The molecule has 0 aliphatic carbocycles. The highest BCUT2D eigenvalue weighted by Gasteiger charge is 2.10. The van der Waals surface area contributed by atoms with Gasteiger partial charge in [-0.05, 0) is 45.4 Å². The number of hydrogen-bond acceptors (Lipinski definition) is 6. The molecule has 204 valence electrons. The molecular weight excluding hydrogens is 490 g/mol. The van der Waals surface area contributed by atoms with Crippen LogP contribution in [0.5, 0.6) is 5.75 Å². The second-order valence-corrected chi connectivity index (χ2v) is 8.76. The molecule has 0 aliphatic rings. The SMILES string of the molecule is CC.CC(=O)C=N/C(=C\N(C)C)c1ccc(C)cc1.CC(C)Oc1ccc(C(=O)NCCCO)cc1Cl. The molecule has 0 spiro atoms. The van der Waals surface area contributed by atoms with Crippen LogP contribution in [0.3, 0.4) is 0 Å². The summed E-state index contributed by atoms with van der Waals surface area (Å²) in [5.74, 6) is 0.307. The minimum absolute atomic E-state index is 0.0340. The van der Waals surface area contributed by atoms with E-state index in [1.165, 1.54) is 18.7 Å². The molecule has 0 aliphatic heterocycles. The highest BCUT2D eigenvalue weighted by atomic mass is 35.5. The van der Waals surface area contributed by atoms with Gasteiger partial charge in [0.15, 0.2) is 5.78 Å². The number of amides is 1. The highest BCUT2D eigenvalue weighted by Crippen LogP contribution is 2.26. The van der Waals surface area contributed by atoms with Gasteiger partial charge in [-0.25, -0.2) is 0 Å². The summed E-state index contributed by atoms with van der Waals surface area (Å²) < 4.78 is 5.48. The zero-order valence-corrected chi connectivity index (χ0v) is 24.1. The largest absolute Gasteiger partial charge is 0.489 e. The monoisotopic (exact) mass is 531 g/mol. The first-order valence-corrected chi connectivity index (χ1v) is 12.8. The summed E-state index contributed by atoms with van der Waals surface area (Å²) in [4.78, 5) is 28.8. The van der Waals surface area contributed by atoms with Crippen molar-refractivity contribution in [2.24, 2.45) is 4.99 Å². The Labute approximate surface area is 227 Å². The Kier molecular flexibility index (Phi) is 17.4. The van der Waals surface area contributed by atoms with Crippen LogP contribution < -0.4 is 10.1 Å². The van der Waals surface area contributed by atoms with Crippen molar-refractivity contribution >= 4 is 35.2 Å². The van der Waals surface area contributed by atoms with Crippen LogP contribution in [0.25, 0.3) is 5.70 Å². The number of nitrogens with one attached hydrogen (secondary N) is 1. The Morgan fingerprint density at radius 1 is 1.11 bits per heavy atom. The van der Waals surface area contributed by atoms with Crippen LogP contribution in [-0.4, -0.2) is 61.3 Å². The lowest BCUT2D eigenvalue weighted by Gasteiger charge is -2.12. The van der Waals surface area contributed by atoms with Gasteiger partial charge >= 0.3 is 0 Å². The first-order valence-electron chi connectivity index (χ1n) is 12.4. The van der Waals surface area contributed by atoms with E-state index in [2.05, 4.69) is 10.3 Å². The van der Waals surface area contributed by atoms with Gasteiger partial charge in [-0.15, -0.1) is 0 Å². The number of hydrogen-bond donors (Lipinski definition) is 2. The zero-order valence-electron chi connectivity index (χ0n) is 23.3. The van der Waals surface area contributed by atoms with Crippen LogP contribution in [0.1, 0.15) is 62.5 Å². The number of aryl methyl sites for hydroxylation is 1. The Hall–Kier alpha value is -3.16. The van der Waals surface area contributed by atoms with Crippen molar-refractivity contribution in [3.8, 4) is 5.75 Å². The van der Waals surface area contributed by atoms with Crippen molar-refractivity contribution < 1.29 is 19.4 Å². The summed E-state index contributed by atoms with van der Waals surface area (Å²) in [6.45, 7) is 11.8. The Morgan fingerprint density at radius 3 is 2.19 bits per heavy atom. The fraction of sp³-hybridized carbons (Fsp3) is 0.414.